The van der Waals surface area contributed by atoms with E-state index in [9.17, 15) is 14.9 Å². The van der Waals surface area contributed by atoms with E-state index in [1.807, 2.05) is 6.92 Å². The second-order valence-corrected chi connectivity index (χ2v) is 6.66. The van der Waals surface area contributed by atoms with Gasteiger partial charge in [-0.1, -0.05) is 6.58 Å². The van der Waals surface area contributed by atoms with Crippen LogP contribution >= 0.6 is 0 Å². The van der Waals surface area contributed by atoms with Crippen LogP contribution < -0.4 is 10.6 Å². The van der Waals surface area contributed by atoms with Gasteiger partial charge in [-0.05, 0) is 19.9 Å². The first-order chi connectivity index (χ1) is 12.9. The molecule has 9 heteroatoms. The molecule has 0 spiro atoms. The lowest BCUT2D eigenvalue weighted by Gasteiger charge is -2.23. The molecule has 1 unspecified atom stereocenters. The molecule has 27 heavy (non-hydrogen) atoms. The molecule has 140 valence electrons. The van der Waals surface area contributed by atoms with E-state index in [2.05, 4.69) is 38.2 Å². The summed E-state index contributed by atoms with van der Waals surface area (Å²) in [5, 5.41) is 15.6. The maximum absolute atomic E-state index is 12.2. The van der Waals surface area contributed by atoms with E-state index in [1.54, 1.807) is 18.0 Å². The van der Waals surface area contributed by atoms with Crippen molar-refractivity contribution in [1.82, 2.24) is 25.2 Å². The summed E-state index contributed by atoms with van der Waals surface area (Å²) in [6.07, 6.45) is 4.35. The molecule has 2 atom stereocenters. The second-order valence-electron chi connectivity index (χ2n) is 6.66. The van der Waals surface area contributed by atoms with E-state index >= 15 is 0 Å². The quantitative estimate of drug-likeness (QED) is 0.678. The third-order valence-corrected chi connectivity index (χ3v) is 4.72. The van der Waals surface area contributed by atoms with Crippen LogP contribution in [0.5, 0.6) is 0 Å². The van der Waals surface area contributed by atoms with Gasteiger partial charge in [-0.2, -0.15) is 5.26 Å². The van der Waals surface area contributed by atoms with Crippen molar-refractivity contribution in [2.45, 2.75) is 19.9 Å². The lowest BCUT2D eigenvalue weighted by Crippen LogP contribution is -2.36. The van der Waals surface area contributed by atoms with Crippen molar-refractivity contribution in [2.75, 3.05) is 25.0 Å². The minimum atomic E-state index is -0.782. The van der Waals surface area contributed by atoms with Gasteiger partial charge in [-0.3, -0.25) is 9.59 Å². The highest BCUT2D eigenvalue weighted by atomic mass is 16.2. The lowest BCUT2D eigenvalue weighted by molar-refractivity contribution is -0.125. The van der Waals surface area contributed by atoms with Gasteiger partial charge in [0.25, 0.3) is 5.91 Å². The van der Waals surface area contributed by atoms with E-state index in [0.717, 1.165) is 0 Å². The molecule has 0 saturated carbocycles. The van der Waals surface area contributed by atoms with Gasteiger partial charge in [0, 0.05) is 25.8 Å². The van der Waals surface area contributed by atoms with Gasteiger partial charge in [-0.15, -0.1) is 0 Å². The van der Waals surface area contributed by atoms with E-state index in [-0.39, 0.29) is 17.9 Å². The van der Waals surface area contributed by atoms with Gasteiger partial charge in [-0.25, -0.2) is 9.97 Å². The molecule has 9 nitrogen and oxygen atoms in total. The van der Waals surface area contributed by atoms with Crippen molar-refractivity contribution in [3.05, 3.63) is 30.6 Å². The fourth-order valence-corrected chi connectivity index (χ4v) is 3.18. The Kier molecular flexibility index (Phi) is 4.81. The molecule has 0 radical (unpaired) electrons. The number of aromatic nitrogens is 3. The van der Waals surface area contributed by atoms with Gasteiger partial charge in [0.1, 0.15) is 11.3 Å². The molecule has 3 heterocycles. The number of likely N-dealkylation sites (tertiary alicyclic amines) is 1. The summed E-state index contributed by atoms with van der Waals surface area (Å²) in [4.78, 5) is 37.4. The molecular weight excluding hydrogens is 346 g/mol. The molecule has 1 aliphatic rings. The number of hydrogen-bond donors (Lipinski definition) is 3. The zero-order chi connectivity index (χ0) is 19.6. The van der Waals surface area contributed by atoms with Crippen LogP contribution in [0.25, 0.3) is 11.2 Å². The topological polar surface area (TPSA) is 127 Å². The van der Waals surface area contributed by atoms with Crippen molar-refractivity contribution in [3.8, 4) is 6.07 Å². The number of carbonyl (C=O) groups is 2. The van der Waals surface area contributed by atoms with Gasteiger partial charge < -0.3 is 20.5 Å². The highest BCUT2D eigenvalue weighted by Crippen LogP contribution is 2.32. The van der Waals surface area contributed by atoms with E-state index in [1.165, 1.54) is 12.3 Å². The monoisotopic (exact) mass is 367 g/mol. The minimum absolute atomic E-state index is 0.216. The molecule has 2 aromatic heterocycles. The van der Waals surface area contributed by atoms with Gasteiger partial charge in [0.2, 0.25) is 5.91 Å². The normalized spacial score (nSPS) is 21.7. The number of nitrogens with one attached hydrogen (secondary N) is 3. The zero-order valence-electron chi connectivity index (χ0n) is 15.2. The first-order valence-corrected chi connectivity index (χ1v) is 8.63. The number of nitriles is 1. The maximum atomic E-state index is 12.2. The number of carbonyl (C=O) groups excluding carboxylic acids is 2. The van der Waals surface area contributed by atoms with Gasteiger partial charge in [0.15, 0.2) is 5.65 Å². The van der Waals surface area contributed by atoms with Gasteiger partial charge in [0.05, 0.1) is 29.3 Å². The first kappa shape index (κ1) is 18.4. The van der Waals surface area contributed by atoms with E-state index in [0.29, 0.717) is 42.2 Å². The summed E-state index contributed by atoms with van der Waals surface area (Å²) < 4.78 is 0. The number of fused-ring (bicyclic) bond motifs is 1. The van der Waals surface area contributed by atoms with Crippen LogP contribution in [0.3, 0.4) is 0 Å². The predicted molar refractivity (Wildman–Crippen MR) is 99.8 cm³/mol. The molecule has 3 N–H and O–H groups in total. The van der Waals surface area contributed by atoms with Crippen molar-refractivity contribution < 1.29 is 9.59 Å². The molecule has 2 aromatic rings. The number of amides is 2. The summed E-state index contributed by atoms with van der Waals surface area (Å²) in [5.74, 6) is -0.0146. The Hall–Kier alpha value is -3.41. The summed E-state index contributed by atoms with van der Waals surface area (Å²) in [5.41, 5.74) is 0.567. The van der Waals surface area contributed by atoms with Crippen molar-refractivity contribution >= 4 is 28.8 Å². The smallest absolute Gasteiger partial charge is 0.255 e. The van der Waals surface area contributed by atoms with E-state index < -0.39 is 5.41 Å². The maximum Gasteiger partial charge on any atom is 0.255 e. The lowest BCUT2D eigenvalue weighted by atomic mass is 9.87. The van der Waals surface area contributed by atoms with Crippen LogP contribution in [0.2, 0.25) is 0 Å². The predicted octanol–water partition coefficient (Wildman–Crippen LogP) is 1.05. The Bertz CT molecular complexity index is 945. The number of anilines is 1. The second kappa shape index (κ2) is 7.07. The molecule has 1 aliphatic heterocycles. The Morgan fingerprint density at radius 2 is 2.37 bits per heavy atom. The van der Waals surface area contributed by atoms with Crippen molar-refractivity contribution in [2.24, 2.45) is 5.41 Å². The standard InChI is InChI=1S/C18H21N7O2/c1-4-14(26)25-8-12(18(3,9-19)10-25)23-13-7-22-16-15(24-13)11(6-21-16)17(27)20-5-2/h4,6-7,12H,1,5,8,10H2,2-3H3,(H,20,27)(H,21,22)(H,23,24)/t12?,18-/m0/s1. The molecule has 0 bridgehead atoms. The number of H-pyrrole nitrogens is 1. The largest absolute Gasteiger partial charge is 0.363 e. The Morgan fingerprint density at radius 1 is 1.59 bits per heavy atom. The summed E-state index contributed by atoms with van der Waals surface area (Å²) >= 11 is 0. The molecular formula is C18H21N7O2. The third kappa shape index (κ3) is 3.33. The number of aromatic amines is 1. The molecule has 1 saturated heterocycles. The SMILES string of the molecule is C=CC(=O)N1CC(Nc2cnc3[nH]cc(C(=O)NCC)c3n2)[C@@](C)(C#N)C1. The molecule has 3 rings (SSSR count). The van der Waals surface area contributed by atoms with E-state index in [4.69, 9.17) is 0 Å². The zero-order valence-corrected chi connectivity index (χ0v) is 15.2. The summed E-state index contributed by atoms with van der Waals surface area (Å²) in [6, 6.07) is 1.96. The number of nitrogens with zero attached hydrogens (tertiary/aromatic N) is 4. The Balaban J connectivity index is 1.88. The van der Waals surface area contributed by atoms with Crippen molar-refractivity contribution in [1.29, 1.82) is 5.26 Å². The Labute approximate surface area is 156 Å². The number of rotatable bonds is 5. The average Bonchev–Trinajstić information content (AvgIpc) is 3.23. The summed E-state index contributed by atoms with van der Waals surface area (Å²) in [7, 11) is 0. The fraction of sp³-hybridized carbons (Fsp3) is 0.389. The van der Waals surface area contributed by atoms with Crippen LogP contribution in [0, 0.1) is 16.7 Å². The van der Waals surface area contributed by atoms with Crippen LogP contribution in [-0.2, 0) is 4.79 Å². The third-order valence-electron chi connectivity index (χ3n) is 4.72. The van der Waals surface area contributed by atoms with Gasteiger partial charge >= 0.3 is 0 Å². The highest BCUT2D eigenvalue weighted by molar-refractivity contribution is 6.04. The molecule has 1 fully saturated rings. The molecule has 0 aliphatic carbocycles. The molecule has 2 amide bonds. The van der Waals surface area contributed by atoms with Crippen LogP contribution in [-0.4, -0.2) is 57.3 Å². The van der Waals surface area contributed by atoms with Crippen LogP contribution in [0.1, 0.15) is 24.2 Å². The number of hydrogen-bond acceptors (Lipinski definition) is 6. The van der Waals surface area contributed by atoms with Crippen LogP contribution in [0.15, 0.2) is 25.0 Å². The van der Waals surface area contributed by atoms with Crippen LogP contribution in [0.4, 0.5) is 5.82 Å². The Morgan fingerprint density at radius 3 is 3.04 bits per heavy atom. The molecule has 0 aromatic carbocycles. The first-order valence-electron chi connectivity index (χ1n) is 8.63. The van der Waals surface area contributed by atoms with Crippen molar-refractivity contribution in [3.63, 3.8) is 0 Å². The summed E-state index contributed by atoms with van der Waals surface area (Å²) in [6.45, 7) is 8.29. The minimum Gasteiger partial charge on any atom is -0.363 e. The average molecular weight is 367 g/mol. The highest BCUT2D eigenvalue weighted by Gasteiger charge is 2.45. The fourth-order valence-electron chi connectivity index (χ4n) is 3.18.